The van der Waals surface area contributed by atoms with Crippen LogP contribution in [-0.2, 0) is 9.84 Å². The molecule has 2 nitrogen and oxygen atoms in total. The molecule has 0 saturated carbocycles. The summed E-state index contributed by atoms with van der Waals surface area (Å²) in [6, 6.07) is 5.21. The first-order valence-electron chi connectivity index (χ1n) is 5.82. The van der Waals surface area contributed by atoms with Crippen LogP contribution in [0.5, 0.6) is 0 Å². The third kappa shape index (κ3) is 4.43. The Labute approximate surface area is 112 Å². The lowest BCUT2D eigenvalue weighted by atomic mass is 10.1. The van der Waals surface area contributed by atoms with Gasteiger partial charge in [-0.1, -0.05) is 35.8 Å². The summed E-state index contributed by atoms with van der Waals surface area (Å²) in [6.07, 6.45) is 1.68. The van der Waals surface area contributed by atoms with E-state index < -0.39 is 9.84 Å². The van der Waals surface area contributed by atoms with E-state index in [9.17, 15) is 8.42 Å². The van der Waals surface area contributed by atoms with E-state index in [1.165, 1.54) is 0 Å². The van der Waals surface area contributed by atoms with E-state index in [1.54, 1.807) is 12.1 Å². The molecule has 0 radical (unpaired) electrons. The number of hydrogen-bond acceptors (Lipinski definition) is 2. The van der Waals surface area contributed by atoms with Gasteiger partial charge < -0.3 is 0 Å². The Morgan fingerprint density at radius 1 is 1.29 bits per heavy atom. The summed E-state index contributed by atoms with van der Waals surface area (Å²) < 4.78 is 25.0. The first-order chi connectivity index (χ1) is 7.83. The topological polar surface area (TPSA) is 34.1 Å². The molecule has 0 unspecified atom stereocenters. The fourth-order valence-electron chi connectivity index (χ4n) is 1.57. The van der Waals surface area contributed by atoms with Gasteiger partial charge in [0.15, 0.2) is 9.84 Å². The van der Waals surface area contributed by atoms with Crippen LogP contribution in [0.1, 0.15) is 32.3 Å². The zero-order chi connectivity index (χ0) is 13.1. The van der Waals surface area contributed by atoms with Crippen molar-refractivity contribution in [1.29, 1.82) is 0 Å². The van der Waals surface area contributed by atoms with Gasteiger partial charge in [0.2, 0.25) is 0 Å². The molecule has 0 atom stereocenters. The quantitative estimate of drug-likeness (QED) is 0.823. The maximum atomic E-state index is 12.1. The lowest BCUT2D eigenvalue weighted by Gasteiger charge is -2.07. The first kappa shape index (κ1) is 14.7. The summed E-state index contributed by atoms with van der Waals surface area (Å²) >= 11 is 3.37. The highest BCUT2D eigenvalue weighted by atomic mass is 79.9. The van der Waals surface area contributed by atoms with Crippen LogP contribution in [0.3, 0.4) is 0 Å². The molecule has 17 heavy (non-hydrogen) atoms. The van der Waals surface area contributed by atoms with Crippen molar-refractivity contribution in [1.82, 2.24) is 0 Å². The van der Waals surface area contributed by atoms with Crippen molar-refractivity contribution >= 4 is 25.8 Å². The summed E-state index contributed by atoms with van der Waals surface area (Å²) in [5, 5.41) is 0. The molecular formula is C13H19BrO2S. The predicted octanol–water partition coefficient (Wildman–Crippen LogP) is 3.97. The van der Waals surface area contributed by atoms with Gasteiger partial charge in [-0.25, -0.2) is 8.42 Å². The molecule has 0 aliphatic heterocycles. The third-order valence-corrected chi connectivity index (χ3v) is 5.35. The minimum atomic E-state index is -3.13. The normalized spacial score (nSPS) is 12.1. The highest BCUT2D eigenvalue weighted by Gasteiger charge is 2.15. The first-order valence-corrected chi connectivity index (χ1v) is 8.26. The summed E-state index contributed by atoms with van der Waals surface area (Å²) in [6.45, 7) is 6.16. The molecule has 0 N–H and O–H groups in total. The van der Waals surface area contributed by atoms with Crippen LogP contribution in [0.4, 0.5) is 0 Å². The fraction of sp³-hybridized carbons (Fsp3) is 0.538. The smallest absolute Gasteiger partial charge is 0.178 e. The lowest BCUT2D eigenvalue weighted by molar-refractivity contribution is 0.560. The number of hydrogen-bond donors (Lipinski definition) is 0. The van der Waals surface area contributed by atoms with E-state index in [2.05, 4.69) is 29.8 Å². The monoisotopic (exact) mass is 318 g/mol. The maximum absolute atomic E-state index is 12.1. The minimum absolute atomic E-state index is 0.237. The van der Waals surface area contributed by atoms with Crippen molar-refractivity contribution in [3.05, 3.63) is 28.2 Å². The average molecular weight is 319 g/mol. The van der Waals surface area contributed by atoms with Crippen molar-refractivity contribution in [2.45, 2.75) is 38.5 Å². The van der Waals surface area contributed by atoms with Crippen molar-refractivity contribution in [3.8, 4) is 0 Å². The van der Waals surface area contributed by atoms with E-state index in [0.717, 1.165) is 22.9 Å². The molecule has 0 amide bonds. The van der Waals surface area contributed by atoms with Gasteiger partial charge in [0.1, 0.15) is 0 Å². The van der Waals surface area contributed by atoms with Gasteiger partial charge in [0, 0.05) is 4.47 Å². The molecule has 1 aromatic carbocycles. The highest BCUT2D eigenvalue weighted by molar-refractivity contribution is 9.10. The highest BCUT2D eigenvalue weighted by Crippen LogP contribution is 2.22. The maximum Gasteiger partial charge on any atom is 0.178 e. The molecule has 0 aromatic heterocycles. The van der Waals surface area contributed by atoms with Crippen LogP contribution in [0.25, 0.3) is 0 Å². The van der Waals surface area contributed by atoms with Crippen molar-refractivity contribution in [2.24, 2.45) is 5.92 Å². The molecule has 1 rings (SSSR count). The number of rotatable bonds is 5. The van der Waals surface area contributed by atoms with Gasteiger partial charge in [-0.05, 0) is 43.4 Å². The Bertz CT molecular complexity index is 478. The second-order valence-electron chi connectivity index (χ2n) is 4.77. The van der Waals surface area contributed by atoms with Crippen LogP contribution in [-0.4, -0.2) is 14.2 Å². The second kappa shape index (κ2) is 6.01. The van der Waals surface area contributed by atoms with Gasteiger partial charge in [-0.3, -0.25) is 0 Å². The zero-order valence-electron chi connectivity index (χ0n) is 10.5. The van der Waals surface area contributed by atoms with E-state index in [1.807, 2.05) is 13.0 Å². The zero-order valence-corrected chi connectivity index (χ0v) is 12.9. The van der Waals surface area contributed by atoms with Crippen LogP contribution >= 0.6 is 15.9 Å². The Kier molecular flexibility index (Phi) is 5.20. The SMILES string of the molecule is Cc1ccc(S(=O)(=O)CCCC(C)C)cc1Br. The van der Waals surface area contributed by atoms with Gasteiger partial charge in [0.25, 0.3) is 0 Å². The predicted molar refractivity (Wildman–Crippen MR) is 75.0 cm³/mol. The molecular weight excluding hydrogens is 300 g/mol. The van der Waals surface area contributed by atoms with Crippen LogP contribution in [0, 0.1) is 12.8 Å². The Morgan fingerprint density at radius 2 is 1.94 bits per heavy atom. The average Bonchev–Trinajstić information content (AvgIpc) is 2.21. The molecule has 0 spiro atoms. The molecule has 4 heteroatoms. The fourth-order valence-corrected chi connectivity index (χ4v) is 3.45. The van der Waals surface area contributed by atoms with E-state index in [4.69, 9.17) is 0 Å². The van der Waals surface area contributed by atoms with Crippen LogP contribution in [0.2, 0.25) is 0 Å². The molecule has 0 aliphatic rings. The van der Waals surface area contributed by atoms with E-state index in [0.29, 0.717) is 10.8 Å². The van der Waals surface area contributed by atoms with E-state index in [-0.39, 0.29) is 5.75 Å². The third-order valence-electron chi connectivity index (χ3n) is 2.70. The summed E-state index contributed by atoms with van der Waals surface area (Å²) in [4.78, 5) is 0.415. The Hall–Kier alpha value is -0.350. The number of halogens is 1. The van der Waals surface area contributed by atoms with Gasteiger partial charge in [-0.15, -0.1) is 0 Å². The molecule has 96 valence electrons. The second-order valence-corrected chi connectivity index (χ2v) is 7.73. The Morgan fingerprint density at radius 3 is 2.47 bits per heavy atom. The number of sulfone groups is 1. The van der Waals surface area contributed by atoms with Crippen LogP contribution < -0.4 is 0 Å². The summed E-state index contributed by atoms with van der Waals surface area (Å²) in [5.41, 5.74) is 1.05. The molecule has 0 heterocycles. The lowest BCUT2D eigenvalue weighted by Crippen LogP contribution is -2.08. The molecule has 0 fully saturated rings. The summed E-state index contributed by atoms with van der Waals surface area (Å²) in [5.74, 6) is 0.788. The van der Waals surface area contributed by atoms with Gasteiger partial charge in [-0.2, -0.15) is 0 Å². The van der Waals surface area contributed by atoms with Gasteiger partial charge in [0.05, 0.1) is 10.6 Å². The van der Waals surface area contributed by atoms with Crippen molar-refractivity contribution < 1.29 is 8.42 Å². The molecule has 0 aliphatic carbocycles. The molecule has 1 aromatic rings. The minimum Gasteiger partial charge on any atom is -0.224 e. The van der Waals surface area contributed by atoms with Crippen molar-refractivity contribution in [2.75, 3.05) is 5.75 Å². The largest absolute Gasteiger partial charge is 0.224 e. The molecule has 0 bridgehead atoms. The van der Waals surface area contributed by atoms with Crippen molar-refractivity contribution in [3.63, 3.8) is 0 Å². The summed E-state index contributed by atoms with van der Waals surface area (Å²) in [7, 11) is -3.13. The Balaban J connectivity index is 2.79. The van der Waals surface area contributed by atoms with E-state index >= 15 is 0 Å². The number of aryl methyl sites for hydroxylation is 1. The number of benzene rings is 1. The van der Waals surface area contributed by atoms with Crippen LogP contribution in [0.15, 0.2) is 27.6 Å². The van der Waals surface area contributed by atoms with Gasteiger partial charge >= 0.3 is 0 Å². The standard InChI is InChI=1S/C13H19BrO2S/c1-10(2)5-4-8-17(15,16)12-7-6-11(3)13(14)9-12/h6-7,9-10H,4-5,8H2,1-3H3. The molecule has 0 saturated heterocycles.